The second kappa shape index (κ2) is 4.41. The summed E-state index contributed by atoms with van der Waals surface area (Å²) in [5.74, 6) is 0.290. The van der Waals surface area contributed by atoms with Crippen LogP contribution in [0, 0.1) is 6.92 Å². The Morgan fingerprint density at radius 2 is 2.22 bits per heavy atom. The lowest BCUT2D eigenvalue weighted by Crippen LogP contribution is -2.13. The first-order valence-corrected chi connectivity index (χ1v) is 6.36. The number of ketones is 1. The van der Waals surface area contributed by atoms with Gasteiger partial charge in [0.25, 0.3) is 0 Å². The molecule has 3 nitrogen and oxygen atoms in total. The second-order valence-corrected chi connectivity index (χ2v) is 4.88. The Balaban J connectivity index is 1.95. The van der Waals surface area contributed by atoms with Crippen LogP contribution in [0.3, 0.4) is 0 Å². The maximum absolute atomic E-state index is 11.8. The minimum Gasteiger partial charge on any atom is -0.346 e. The average molecular weight is 240 g/mol. The summed E-state index contributed by atoms with van der Waals surface area (Å²) in [7, 11) is 0. The summed E-state index contributed by atoms with van der Waals surface area (Å²) in [5, 5.41) is 0. The zero-order valence-electron chi connectivity index (χ0n) is 10.5. The highest BCUT2D eigenvalue weighted by atomic mass is 16.1. The van der Waals surface area contributed by atoms with Crippen LogP contribution in [0.2, 0.25) is 0 Å². The maximum Gasteiger partial charge on any atom is 0.164 e. The monoisotopic (exact) mass is 240 g/mol. The molecule has 1 aliphatic rings. The van der Waals surface area contributed by atoms with Gasteiger partial charge in [-0.1, -0.05) is 0 Å². The Hall–Kier alpha value is -1.90. The summed E-state index contributed by atoms with van der Waals surface area (Å²) in [6.07, 6.45) is 8.43. The molecular formula is C15H16N2O. The summed E-state index contributed by atoms with van der Waals surface area (Å²) in [4.78, 5) is 16.0. The number of aromatic nitrogens is 2. The van der Waals surface area contributed by atoms with Gasteiger partial charge in [0, 0.05) is 42.8 Å². The fraction of sp³-hybridized carbons (Fsp3) is 0.333. The number of fused-ring (bicyclic) bond motifs is 1. The van der Waals surface area contributed by atoms with Gasteiger partial charge in [-0.05, 0) is 43.0 Å². The highest BCUT2D eigenvalue weighted by Gasteiger charge is 2.20. The van der Waals surface area contributed by atoms with Crippen molar-refractivity contribution in [3.05, 3.63) is 53.1 Å². The lowest BCUT2D eigenvalue weighted by atomic mass is 9.97. The van der Waals surface area contributed by atoms with Gasteiger partial charge < -0.3 is 4.57 Å². The van der Waals surface area contributed by atoms with Gasteiger partial charge in [-0.15, -0.1) is 0 Å². The van der Waals surface area contributed by atoms with Gasteiger partial charge in [-0.25, -0.2) is 0 Å². The number of carbonyl (C=O) groups excluding carboxylic acids is 1. The lowest BCUT2D eigenvalue weighted by Gasteiger charge is -2.15. The number of hydrogen-bond acceptors (Lipinski definition) is 2. The van der Waals surface area contributed by atoms with E-state index in [2.05, 4.69) is 16.5 Å². The molecule has 0 fully saturated rings. The first-order valence-electron chi connectivity index (χ1n) is 6.36. The molecule has 3 rings (SSSR count). The molecule has 0 unspecified atom stereocenters. The molecule has 3 heteroatoms. The largest absolute Gasteiger partial charge is 0.346 e. The van der Waals surface area contributed by atoms with E-state index in [1.165, 1.54) is 16.8 Å². The summed E-state index contributed by atoms with van der Waals surface area (Å²) in [5.41, 5.74) is 4.57. The van der Waals surface area contributed by atoms with Crippen LogP contribution in [0.15, 0.2) is 30.7 Å². The molecule has 0 spiro atoms. The van der Waals surface area contributed by atoms with Gasteiger partial charge in [-0.3, -0.25) is 9.78 Å². The lowest BCUT2D eigenvalue weighted by molar-refractivity contribution is 0.0972. The van der Waals surface area contributed by atoms with Crippen LogP contribution < -0.4 is 0 Å². The van der Waals surface area contributed by atoms with E-state index in [0.717, 1.165) is 24.9 Å². The molecule has 0 aliphatic heterocycles. The van der Waals surface area contributed by atoms with Crippen molar-refractivity contribution in [3.8, 4) is 0 Å². The smallest absolute Gasteiger partial charge is 0.164 e. The maximum atomic E-state index is 11.8. The number of hydrogen-bond donors (Lipinski definition) is 0. The summed E-state index contributed by atoms with van der Waals surface area (Å²) < 4.78 is 2.19. The van der Waals surface area contributed by atoms with Gasteiger partial charge in [-0.2, -0.15) is 0 Å². The number of carbonyl (C=O) groups is 1. The Labute approximate surface area is 106 Å². The molecule has 0 saturated carbocycles. The Kier molecular flexibility index (Phi) is 2.74. The van der Waals surface area contributed by atoms with Crippen molar-refractivity contribution >= 4 is 5.78 Å². The number of nitrogens with zero attached hydrogens (tertiary/aromatic N) is 2. The molecule has 2 aromatic rings. The second-order valence-electron chi connectivity index (χ2n) is 4.88. The quantitative estimate of drug-likeness (QED) is 0.809. The average Bonchev–Trinajstić information content (AvgIpc) is 2.77. The number of pyridine rings is 1. The fourth-order valence-corrected chi connectivity index (χ4v) is 2.58. The predicted octanol–water partition coefficient (Wildman–Crippen LogP) is 2.76. The van der Waals surface area contributed by atoms with E-state index in [4.69, 9.17) is 0 Å². The van der Waals surface area contributed by atoms with E-state index in [1.54, 1.807) is 0 Å². The standard InChI is InChI=1S/C15H16N2O/c1-11-5-7-16-9-12(11)10-17-8-6-13-14(17)3-2-4-15(13)18/h5-9H,2-4,10H2,1H3. The van der Waals surface area contributed by atoms with Gasteiger partial charge in [0.05, 0.1) is 0 Å². The molecule has 18 heavy (non-hydrogen) atoms. The third-order valence-electron chi connectivity index (χ3n) is 3.68. The third-order valence-corrected chi connectivity index (χ3v) is 3.68. The first kappa shape index (κ1) is 11.2. The summed E-state index contributed by atoms with van der Waals surface area (Å²) in [6, 6.07) is 3.99. The molecule has 0 aromatic carbocycles. The fourth-order valence-electron chi connectivity index (χ4n) is 2.58. The van der Waals surface area contributed by atoms with Crippen LogP contribution in [0.5, 0.6) is 0 Å². The molecule has 1 aliphatic carbocycles. The van der Waals surface area contributed by atoms with Crippen LogP contribution in [-0.2, 0) is 13.0 Å². The van der Waals surface area contributed by atoms with Crippen molar-refractivity contribution in [3.63, 3.8) is 0 Å². The topological polar surface area (TPSA) is 34.9 Å². The zero-order valence-corrected chi connectivity index (χ0v) is 10.5. The van der Waals surface area contributed by atoms with Crippen LogP contribution in [0.25, 0.3) is 0 Å². The predicted molar refractivity (Wildman–Crippen MR) is 69.8 cm³/mol. The van der Waals surface area contributed by atoms with Crippen LogP contribution in [0.1, 0.15) is 40.0 Å². The molecular weight excluding hydrogens is 224 g/mol. The summed E-state index contributed by atoms with van der Waals surface area (Å²) in [6.45, 7) is 2.90. The van der Waals surface area contributed by atoms with E-state index in [1.807, 2.05) is 30.7 Å². The van der Waals surface area contributed by atoms with E-state index >= 15 is 0 Å². The Morgan fingerprint density at radius 1 is 1.33 bits per heavy atom. The Bertz CT molecular complexity index is 598. The van der Waals surface area contributed by atoms with E-state index in [9.17, 15) is 4.79 Å². The van der Waals surface area contributed by atoms with Crippen LogP contribution >= 0.6 is 0 Å². The molecule has 0 saturated heterocycles. The minimum atomic E-state index is 0.290. The molecule has 92 valence electrons. The Morgan fingerprint density at radius 3 is 3.06 bits per heavy atom. The van der Waals surface area contributed by atoms with Crippen molar-refractivity contribution in [2.75, 3.05) is 0 Å². The van der Waals surface area contributed by atoms with Crippen molar-refractivity contribution in [1.29, 1.82) is 0 Å². The molecule has 0 bridgehead atoms. The molecule has 0 N–H and O–H groups in total. The van der Waals surface area contributed by atoms with Crippen LogP contribution in [0.4, 0.5) is 0 Å². The van der Waals surface area contributed by atoms with Gasteiger partial charge in [0.1, 0.15) is 0 Å². The molecule has 2 aromatic heterocycles. The van der Waals surface area contributed by atoms with Crippen molar-refractivity contribution in [1.82, 2.24) is 9.55 Å². The highest BCUT2D eigenvalue weighted by Crippen LogP contribution is 2.23. The van der Waals surface area contributed by atoms with Crippen molar-refractivity contribution in [2.45, 2.75) is 32.7 Å². The third kappa shape index (κ3) is 1.86. The van der Waals surface area contributed by atoms with Gasteiger partial charge >= 0.3 is 0 Å². The zero-order chi connectivity index (χ0) is 12.5. The normalized spacial score (nSPS) is 14.6. The minimum absolute atomic E-state index is 0.290. The summed E-state index contributed by atoms with van der Waals surface area (Å²) >= 11 is 0. The molecule has 0 radical (unpaired) electrons. The van der Waals surface area contributed by atoms with E-state index < -0.39 is 0 Å². The van der Waals surface area contributed by atoms with E-state index in [0.29, 0.717) is 6.42 Å². The molecule has 2 heterocycles. The van der Waals surface area contributed by atoms with Crippen molar-refractivity contribution in [2.24, 2.45) is 0 Å². The number of rotatable bonds is 2. The van der Waals surface area contributed by atoms with Gasteiger partial charge in [0.15, 0.2) is 5.78 Å². The van der Waals surface area contributed by atoms with Crippen molar-refractivity contribution < 1.29 is 4.79 Å². The number of aryl methyl sites for hydroxylation is 1. The molecule has 0 atom stereocenters. The molecule has 0 amide bonds. The van der Waals surface area contributed by atoms with Crippen LogP contribution in [-0.4, -0.2) is 15.3 Å². The SMILES string of the molecule is Cc1ccncc1Cn1ccc2c1CCCC2=O. The highest BCUT2D eigenvalue weighted by molar-refractivity contribution is 5.98. The number of Topliss-reactive ketones (excluding diaryl/α,β-unsaturated/α-hetero) is 1. The first-order chi connectivity index (χ1) is 8.75. The van der Waals surface area contributed by atoms with Gasteiger partial charge in [0.2, 0.25) is 0 Å². The van der Waals surface area contributed by atoms with E-state index in [-0.39, 0.29) is 5.78 Å².